The first-order valence-electron chi connectivity index (χ1n) is 5.36. The van der Waals surface area contributed by atoms with E-state index < -0.39 is 16.9 Å². The molecule has 7 heteroatoms. The van der Waals surface area contributed by atoms with Crippen LogP contribution in [0, 0.1) is 5.82 Å². The van der Waals surface area contributed by atoms with E-state index >= 15 is 0 Å². The maximum Gasteiger partial charge on any atom is 0.265 e. The molecule has 2 aromatic rings. The van der Waals surface area contributed by atoms with Crippen LogP contribution in [0.5, 0.6) is 0 Å². The molecule has 98 valence electrons. The smallest absolute Gasteiger partial charge is 0.265 e. The Morgan fingerprint density at radius 2 is 2.05 bits per heavy atom. The zero-order valence-corrected chi connectivity index (χ0v) is 10.5. The van der Waals surface area contributed by atoms with Gasteiger partial charge in [0.05, 0.1) is 6.54 Å². The fourth-order valence-electron chi connectivity index (χ4n) is 1.60. The first-order valence-corrected chi connectivity index (χ1v) is 5.76. The molecule has 0 fully saturated rings. The van der Waals surface area contributed by atoms with Crippen LogP contribution in [-0.4, -0.2) is 14.8 Å². The van der Waals surface area contributed by atoms with Gasteiger partial charge in [0, 0.05) is 23.3 Å². The van der Waals surface area contributed by atoms with Crippen molar-refractivity contribution in [3.8, 4) is 0 Å². The van der Waals surface area contributed by atoms with Crippen LogP contribution in [0.2, 0.25) is 0 Å². The third-order valence-corrected chi connectivity index (χ3v) is 2.78. The lowest BCUT2D eigenvalue weighted by Crippen LogP contribution is -2.28. The van der Waals surface area contributed by atoms with Crippen molar-refractivity contribution < 1.29 is 4.39 Å². The molecule has 0 saturated carbocycles. The number of nitrogens with one attached hydrogen (secondary N) is 1. The topological polar surface area (TPSA) is 80.9 Å². The molecule has 0 aliphatic carbocycles. The minimum absolute atomic E-state index is 0.100. The summed E-state index contributed by atoms with van der Waals surface area (Å²) in [5, 5.41) is 2.32. The number of halogens is 1. The van der Waals surface area contributed by atoms with E-state index in [1.54, 1.807) is 0 Å². The zero-order chi connectivity index (χ0) is 14.0. The lowest BCUT2D eigenvalue weighted by atomic mass is 10.1. The van der Waals surface area contributed by atoms with Crippen molar-refractivity contribution in [3.63, 3.8) is 0 Å². The van der Waals surface area contributed by atoms with E-state index in [2.05, 4.69) is 5.10 Å². The Morgan fingerprint density at radius 3 is 2.74 bits per heavy atom. The Morgan fingerprint density at radius 1 is 1.32 bits per heavy atom. The summed E-state index contributed by atoms with van der Waals surface area (Å²) in [6, 6.07) is 6.36. The number of H-pyrrole nitrogens is 1. The summed E-state index contributed by atoms with van der Waals surface area (Å²) < 4.78 is 14.7. The molecule has 0 amide bonds. The number of nitrogens with zero attached hydrogens (tertiary/aromatic N) is 1. The third-order valence-electron chi connectivity index (χ3n) is 2.55. The quantitative estimate of drug-likeness (QED) is 0.795. The van der Waals surface area contributed by atoms with E-state index in [1.807, 2.05) is 0 Å². The molecule has 2 rings (SSSR count). The summed E-state index contributed by atoms with van der Waals surface area (Å²) in [6.45, 7) is -0.100. The predicted molar refractivity (Wildman–Crippen MR) is 72.7 cm³/mol. The van der Waals surface area contributed by atoms with Gasteiger partial charge in [-0.25, -0.2) is 9.07 Å². The van der Waals surface area contributed by atoms with Crippen LogP contribution < -0.4 is 16.9 Å². The molecule has 5 nitrogen and oxygen atoms in total. The van der Waals surface area contributed by atoms with E-state index in [-0.39, 0.29) is 17.1 Å². The van der Waals surface area contributed by atoms with Crippen molar-refractivity contribution in [1.29, 1.82) is 0 Å². The van der Waals surface area contributed by atoms with Crippen LogP contribution in [0.4, 0.5) is 4.39 Å². The summed E-state index contributed by atoms with van der Waals surface area (Å²) >= 11 is 4.81. The molecule has 1 heterocycles. The van der Waals surface area contributed by atoms with Gasteiger partial charge in [-0.15, -0.1) is 0 Å². The normalized spacial score (nSPS) is 10.4. The van der Waals surface area contributed by atoms with Crippen LogP contribution >= 0.6 is 12.2 Å². The van der Waals surface area contributed by atoms with Gasteiger partial charge in [-0.05, 0) is 18.2 Å². The van der Waals surface area contributed by atoms with Gasteiger partial charge in [0.1, 0.15) is 10.8 Å². The van der Waals surface area contributed by atoms with Crippen molar-refractivity contribution in [2.24, 2.45) is 5.73 Å². The minimum Gasteiger partial charge on any atom is -0.389 e. The molecule has 0 aliphatic rings. The molecule has 1 aromatic carbocycles. The lowest BCUT2D eigenvalue weighted by Gasteiger charge is -2.08. The summed E-state index contributed by atoms with van der Waals surface area (Å²) in [7, 11) is 0. The molecular formula is C12H10FN3O2S. The second-order valence-corrected chi connectivity index (χ2v) is 4.34. The number of hydrogen-bond donors (Lipinski definition) is 2. The van der Waals surface area contributed by atoms with Gasteiger partial charge in [0.2, 0.25) is 0 Å². The number of thiocarbonyl (C=S) groups is 1. The van der Waals surface area contributed by atoms with Gasteiger partial charge in [-0.3, -0.25) is 14.7 Å². The fourth-order valence-corrected chi connectivity index (χ4v) is 1.73. The van der Waals surface area contributed by atoms with Crippen LogP contribution in [0.15, 0.2) is 39.9 Å². The van der Waals surface area contributed by atoms with Crippen molar-refractivity contribution in [3.05, 3.63) is 68.0 Å². The zero-order valence-electron chi connectivity index (χ0n) is 9.72. The SMILES string of the molecule is NC(=S)c1ccc(F)c(Cn2[nH]c(=O)ccc2=O)c1. The molecule has 0 spiro atoms. The van der Waals surface area contributed by atoms with Crippen molar-refractivity contribution >= 4 is 17.2 Å². The Labute approximate surface area is 112 Å². The number of aromatic nitrogens is 2. The van der Waals surface area contributed by atoms with E-state index in [0.29, 0.717) is 5.56 Å². The standard InChI is InChI=1S/C12H10FN3O2S/c13-9-2-1-7(12(14)19)5-8(9)6-16-11(18)4-3-10(17)15-16/h1-5H,6H2,(H2,14,19)(H,15,17). The average Bonchev–Trinajstić information content (AvgIpc) is 2.36. The average molecular weight is 279 g/mol. The molecule has 0 radical (unpaired) electrons. The minimum atomic E-state index is -0.503. The van der Waals surface area contributed by atoms with Crippen LogP contribution in [-0.2, 0) is 6.54 Å². The van der Waals surface area contributed by atoms with Crippen molar-refractivity contribution in [2.45, 2.75) is 6.54 Å². The third kappa shape index (κ3) is 2.94. The van der Waals surface area contributed by atoms with Gasteiger partial charge in [0.15, 0.2) is 0 Å². The van der Waals surface area contributed by atoms with Gasteiger partial charge >= 0.3 is 0 Å². The summed E-state index contributed by atoms with van der Waals surface area (Å²) in [6.07, 6.45) is 0. The largest absolute Gasteiger partial charge is 0.389 e. The highest BCUT2D eigenvalue weighted by Crippen LogP contribution is 2.11. The molecule has 0 bridgehead atoms. The van der Waals surface area contributed by atoms with Crippen LogP contribution in [0.1, 0.15) is 11.1 Å². The second kappa shape index (κ2) is 5.15. The number of benzene rings is 1. The van der Waals surface area contributed by atoms with Crippen LogP contribution in [0.3, 0.4) is 0 Å². The maximum atomic E-state index is 13.7. The summed E-state index contributed by atoms with van der Waals surface area (Å²) in [5.41, 5.74) is 5.31. The van der Waals surface area contributed by atoms with E-state index in [4.69, 9.17) is 18.0 Å². The molecule has 0 unspecified atom stereocenters. The highest BCUT2D eigenvalue weighted by atomic mass is 32.1. The maximum absolute atomic E-state index is 13.7. The van der Waals surface area contributed by atoms with Gasteiger partial charge in [-0.1, -0.05) is 12.2 Å². The Kier molecular flexibility index (Phi) is 3.57. The van der Waals surface area contributed by atoms with E-state index in [9.17, 15) is 14.0 Å². The predicted octanol–water partition coefficient (Wildman–Crippen LogP) is 0.358. The number of nitrogens with two attached hydrogens (primary N) is 1. The number of aromatic amines is 1. The molecule has 0 atom stereocenters. The van der Waals surface area contributed by atoms with Crippen molar-refractivity contribution in [1.82, 2.24) is 9.78 Å². The molecular weight excluding hydrogens is 269 g/mol. The van der Waals surface area contributed by atoms with E-state index in [0.717, 1.165) is 16.8 Å². The van der Waals surface area contributed by atoms with Gasteiger partial charge in [0.25, 0.3) is 11.1 Å². The first kappa shape index (κ1) is 13.2. The molecule has 0 saturated heterocycles. The second-order valence-electron chi connectivity index (χ2n) is 3.90. The monoisotopic (exact) mass is 279 g/mol. The molecule has 1 aromatic heterocycles. The fraction of sp³-hybridized carbons (Fsp3) is 0.0833. The molecule has 19 heavy (non-hydrogen) atoms. The molecule has 3 N–H and O–H groups in total. The highest BCUT2D eigenvalue weighted by Gasteiger charge is 2.07. The first-order chi connectivity index (χ1) is 8.97. The lowest BCUT2D eigenvalue weighted by molar-refractivity contribution is 0.568. The molecule has 0 aliphatic heterocycles. The highest BCUT2D eigenvalue weighted by molar-refractivity contribution is 7.80. The Balaban J connectivity index is 2.45. The Bertz CT molecular complexity index is 751. The van der Waals surface area contributed by atoms with Gasteiger partial charge < -0.3 is 5.73 Å². The Hall–Kier alpha value is -2.28. The number of rotatable bonds is 3. The van der Waals surface area contributed by atoms with E-state index in [1.165, 1.54) is 18.2 Å². The van der Waals surface area contributed by atoms with Crippen LogP contribution in [0.25, 0.3) is 0 Å². The summed E-state index contributed by atoms with van der Waals surface area (Å²) in [4.78, 5) is 22.8. The van der Waals surface area contributed by atoms with Crippen molar-refractivity contribution in [2.75, 3.05) is 0 Å². The van der Waals surface area contributed by atoms with Gasteiger partial charge in [-0.2, -0.15) is 0 Å². The summed E-state index contributed by atoms with van der Waals surface area (Å²) in [5.74, 6) is -0.503. The number of hydrogen-bond acceptors (Lipinski definition) is 3.